The van der Waals surface area contributed by atoms with Crippen molar-refractivity contribution in [3.8, 4) is 11.8 Å². The average Bonchev–Trinajstić information content (AvgIpc) is 3.18. The molecule has 136 valence electrons. The van der Waals surface area contributed by atoms with Crippen LogP contribution in [0.25, 0.3) is 5.69 Å². The Labute approximate surface area is 160 Å². The Hall–Kier alpha value is -2.87. The largest absolute Gasteiger partial charge is 0.320 e. The summed E-state index contributed by atoms with van der Waals surface area (Å²) in [6.45, 7) is 6.37. The van der Waals surface area contributed by atoms with Crippen LogP contribution < -0.4 is 0 Å². The third-order valence-electron chi connectivity index (χ3n) is 5.21. The molecule has 4 heteroatoms. The van der Waals surface area contributed by atoms with Crippen LogP contribution in [0.3, 0.4) is 0 Å². The van der Waals surface area contributed by atoms with Gasteiger partial charge in [0.15, 0.2) is 0 Å². The van der Waals surface area contributed by atoms with Crippen molar-refractivity contribution in [2.75, 3.05) is 26.2 Å². The highest BCUT2D eigenvalue weighted by Crippen LogP contribution is 2.17. The van der Waals surface area contributed by atoms with Crippen LogP contribution in [0.1, 0.15) is 16.8 Å². The second kappa shape index (κ2) is 8.22. The highest BCUT2D eigenvalue weighted by molar-refractivity contribution is 5.41. The van der Waals surface area contributed by atoms with Crippen LogP contribution in [-0.2, 0) is 13.1 Å². The molecule has 1 aliphatic heterocycles. The lowest BCUT2D eigenvalue weighted by molar-refractivity contribution is 0.120. The zero-order chi connectivity index (χ0) is 18.5. The monoisotopic (exact) mass is 356 g/mol. The van der Waals surface area contributed by atoms with Gasteiger partial charge in [0.25, 0.3) is 0 Å². The van der Waals surface area contributed by atoms with Gasteiger partial charge in [-0.05, 0) is 42.0 Å². The van der Waals surface area contributed by atoms with Gasteiger partial charge in [-0.1, -0.05) is 30.3 Å². The summed E-state index contributed by atoms with van der Waals surface area (Å²) in [5.41, 5.74) is 4.48. The van der Waals surface area contributed by atoms with E-state index in [1.807, 2.05) is 24.3 Å². The summed E-state index contributed by atoms with van der Waals surface area (Å²) in [6, 6.07) is 25.0. The van der Waals surface area contributed by atoms with Crippen LogP contribution >= 0.6 is 0 Å². The zero-order valence-corrected chi connectivity index (χ0v) is 15.5. The van der Waals surface area contributed by atoms with Crippen molar-refractivity contribution in [3.05, 3.63) is 89.7 Å². The molecule has 2 aromatic carbocycles. The Morgan fingerprint density at radius 1 is 0.741 bits per heavy atom. The number of nitrogens with zero attached hydrogens (tertiary/aromatic N) is 4. The number of nitriles is 1. The van der Waals surface area contributed by atoms with Gasteiger partial charge >= 0.3 is 0 Å². The van der Waals surface area contributed by atoms with Gasteiger partial charge in [0, 0.05) is 56.8 Å². The molecule has 1 aliphatic rings. The lowest BCUT2D eigenvalue weighted by atomic mass is 10.2. The van der Waals surface area contributed by atoms with Crippen molar-refractivity contribution < 1.29 is 0 Å². The van der Waals surface area contributed by atoms with Gasteiger partial charge in [-0.15, -0.1) is 0 Å². The number of aromatic nitrogens is 1. The third-order valence-corrected chi connectivity index (χ3v) is 5.21. The Balaban J connectivity index is 1.36. The number of hydrogen-bond acceptors (Lipinski definition) is 3. The fraction of sp³-hybridized carbons (Fsp3) is 0.261. The molecule has 0 N–H and O–H groups in total. The van der Waals surface area contributed by atoms with E-state index in [9.17, 15) is 0 Å². The van der Waals surface area contributed by atoms with Crippen LogP contribution in [0.15, 0.2) is 72.9 Å². The Morgan fingerprint density at radius 3 is 2.07 bits per heavy atom. The minimum absolute atomic E-state index is 0.696. The summed E-state index contributed by atoms with van der Waals surface area (Å²) in [6.07, 6.45) is 2.10. The first kappa shape index (κ1) is 17.5. The molecular weight excluding hydrogens is 332 g/mol. The fourth-order valence-electron chi connectivity index (χ4n) is 3.67. The predicted octanol–water partition coefficient (Wildman–Crippen LogP) is 3.67. The van der Waals surface area contributed by atoms with Gasteiger partial charge < -0.3 is 4.57 Å². The summed E-state index contributed by atoms with van der Waals surface area (Å²) in [7, 11) is 0. The quantitative estimate of drug-likeness (QED) is 0.700. The molecule has 2 heterocycles. The van der Waals surface area contributed by atoms with Crippen molar-refractivity contribution in [2.45, 2.75) is 13.1 Å². The first-order chi connectivity index (χ1) is 13.3. The SMILES string of the molecule is N#Cc1ccc(-n2cccc2CN2CCN(Cc3ccccc3)CC2)cc1. The van der Waals surface area contributed by atoms with Crippen molar-refractivity contribution in [1.82, 2.24) is 14.4 Å². The lowest BCUT2D eigenvalue weighted by Crippen LogP contribution is -2.45. The molecule has 1 saturated heterocycles. The standard InChI is InChI=1S/C23H24N4/c24-17-20-8-10-22(11-9-20)27-12-4-7-23(27)19-26-15-13-25(14-16-26)18-21-5-2-1-3-6-21/h1-12H,13-16,18-19H2. The second-order valence-corrected chi connectivity index (χ2v) is 7.07. The molecule has 3 aromatic rings. The summed E-state index contributed by atoms with van der Waals surface area (Å²) < 4.78 is 2.22. The molecule has 1 fully saturated rings. The summed E-state index contributed by atoms with van der Waals surface area (Å²) in [5, 5.41) is 8.98. The van der Waals surface area contributed by atoms with Crippen LogP contribution in [0.4, 0.5) is 0 Å². The van der Waals surface area contributed by atoms with Crippen molar-refractivity contribution >= 4 is 0 Å². The highest BCUT2D eigenvalue weighted by atomic mass is 15.3. The van der Waals surface area contributed by atoms with E-state index in [0.29, 0.717) is 5.56 Å². The van der Waals surface area contributed by atoms with Crippen molar-refractivity contribution in [2.24, 2.45) is 0 Å². The Morgan fingerprint density at radius 2 is 1.41 bits per heavy atom. The summed E-state index contributed by atoms with van der Waals surface area (Å²) >= 11 is 0. The van der Waals surface area contributed by atoms with E-state index < -0.39 is 0 Å². The fourth-order valence-corrected chi connectivity index (χ4v) is 3.67. The minimum atomic E-state index is 0.696. The van der Waals surface area contributed by atoms with E-state index in [-0.39, 0.29) is 0 Å². The maximum absolute atomic E-state index is 8.98. The average molecular weight is 356 g/mol. The van der Waals surface area contributed by atoms with E-state index in [1.165, 1.54) is 11.3 Å². The topological polar surface area (TPSA) is 35.2 Å². The maximum Gasteiger partial charge on any atom is 0.0991 e. The minimum Gasteiger partial charge on any atom is -0.320 e. The molecular formula is C23H24N4. The number of benzene rings is 2. The molecule has 0 amide bonds. The Bertz CT molecular complexity index is 898. The van der Waals surface area contributed by atoms with Crippen LogP contribution in [0.2, 0.25) is 0 Å². The smallest absolute Gasteiger partial charge is 0.0991 e. The van der Waals surface area contributed by atoms with Gasteiger partial charge in [-0.25, -0.2) is 0 Å². The molecule has 0 aliphatic carbocycles. The molecule has 0 unspecified atom stereocenters. The molecule has 4 nitrogen and oxygen atoms in total. The Kier molecular flexibility index (Phi) is 5.34. The van der Waals surface area contributed by atoms with Crippen molar-refractivity contribution in [1.29, 1.82) is 5.26 Å². The molecule has 0 saturated carbocycles. The molecule has 4 rings (SSSR count). The number of hydrogen-bond donors (Lipinski definition) is 0. The maximum atomic E-state index is 8.98. The van der Waals surface area contributed by atoms with E-state index in [2.05, 4.69) is 69.1 Å². The molecule has 27 heavy (non-hydrogen) atoms. The summed E-state index contributed by atoms with van der Waals surface area (Å²) in [4.78, 5) is 5.06. The third kappa shape index (κ3) is 4.28. The first-order valence-corrected chi connectivity index (χ1v) is 9.47. The molecule has 0 spiro atoms. The van der Waals surface area contributed by atoms with Gasteiger partial charge in [-0.3, -0.25) is 9.80 Å². The van der Waals surface area contributed by atoms with E-state index in [4.69, 9.17) is 5.26 Å². The molecule has 1 aromatic heterocycles. The normalized spacial score (nSPS) is 15.5. The number of piperazine rings is 1. The van der Waals surface area contributed by atoms with Crippen molar-refractivity contribution in [3.63, 3.8) is 0 Å². The van der Waals surface area contributed by atoms with Gasteiger partial charge in [0.1, 0.15) is 0 Å². The van der Waals surface area contributed by atoms with Gasteiger partial charge in [0.05, 0.1) is 11.6 Å². The molecule has 0 atom stereocenters. The van der Waals surface area contributed by atoms with Gasteiger partial charge in [0.2, 0.25) is 0 Å². The van der Waals surface area contributed by atoms with Crippen LogP contribution in [0.5, 0.6) is 0 Å². The van der Waals surface area contributed by atoms with Gasteiger partial charge in [-0.2, -0.15) is 5.26 Å². The van der Waals surface area contributed by atoms with Crippen LogP contribution in [0, 0.1) is 11.3 Å². The second-order valence-electron chi connectivity index (χ2n) is 7.07. The van der Waals surface area contributed by atoms with E-state index >= 15 is 0 Å². The molecule has 0 bridgehead atoms. The number of rotatable bonds is 5. The van der Waals surface area contributed by atoms with Crippen LogP contribution in [-0.4, -0.2) is 40.5 Å². The summed E-state index contributed by atoms with van der Waals surface area (Å²) in [5.74, 6) is 0. The lowest BCUT2D eigenvalue weighted by Gasteiger charge is -2.34. The first-order valence-electron chi connectivity index (χ1n) is 9.47. The highest BCUT2D eigenvalue weighted by Gasteiger charge is 2.18. The predicted molar refractivity (Wildman–Crippen MR) is 107 cm³/mol. The van der Waals surface area contributed by atoms with E-state index in [0.717, 1.165) is 45.0 Å². The van der Waals surface area contributed by atoms with E-state index in [1.54, 1.807) is 0 Å². The molecule has 0 radical (unpaired) electrons. The zero-order valence-electron chi connectivity index (χ0n) is 15.5.